The van der Waals surface area contributed by atoms with E-state index in [-0.39, 0.29) is 0 Å². The Bertz CT molecular complexity index is 195. The maximum Gasteiger partial charge on any atom is 0.309 e. The summed E-state index contributed by atoms with van der Waals surface area (Å²) in [6.07, 6.45) is 5.48. The smallest absolute Gasteiger partial charge is 0.309 e. The largest absolute Gasteiger partial charge is 0.481 e. The van der Waals surface area contributed by atoms with Gasteiger partial charge >= 0.3 is 5.97 Å². The van der Waals surface area contributed by atoms with Crippen molar-refractivity contribution < 1.29 is 9.90 Å². The molecular formula is C11H21NO2. The summed E-state index contributed by atoms with van der Waals surface area (Å²) in [5.41, 5.74) is -0.415. The zero-order chi connectivity index (χ0) is 10.6. The van der Waals surface area contributed by atoms with Crippen molar-refractivity contribution in [2.24, 2.45) is 5.41 Å². The number of aliphatic carboxylic acids is 1. The van der Waals surface area contributed by atoms with Crippen molar-refractivity contribution in [2.45, 2.75) is 51.5 Å². The molecule has 0 aromatic carbocycles. The fraction of sp³-hybridized carbons (Fsp3) is 0.909. The van der Waals surface area contributed by atoms with E-state index in [1.165, 1.54) is 0 Å². The lowest BCUT2D eigenvalue weighted by molar-refractivity contribution is -0.151. The number of hydrogen-bond donors (Lipinski definition) is 2. The minimum absolute atomic E-state index is 0.415. The maximum absolute atomic E-state index is 11.2. The zero-order valence-electron chi connectivity index (χ0n) is 9.18. The Morgan fingerprint density at radius 2 is 2.07 bits per heavy atom. The van der Waals surface area contributed by atoms with Gasteiger partial charge in [0.25, 0.3) is 0 Å². The lowest BCUT2D eigenvalue weighted by Gasteiger charge is -2.36. The molecule has 0 radical (unpaired) electrons. The molecule has 1 aliphatic carbocycles. The van der Waals surface area contributed by atoms with Crippen LogP contribution in [0.2, 0.25) is 0 Å². The first kappa shape index (κ1) is 11.5. The molecule has 0 unspecified atom stereocenters. The average molecular weight is 199 g/mol. The number of carboxylic acids is 1. The van der Waals surface area contributed by atoms with Crippen molar-refractivity contribution >= 4 is 5.97 Å². The molecule has 3 heteroatoms. The lowest BCUT2D eigenvalue weighted by Crippen LogP contribution is -2.40. The Kier molecular flexibility index (Phi) is 3.93. The van der Waals surface area contributed by atoms with E-state index in [2.05, 4.69) is 12.2 Å². The number of rotatable bonds is 4. The van der Waals surface area contributed by atoms with Gasteiger partial charge in [-0.2, -0.15) is 0 Å². The molecule has 0 heterocycles. The number of hydrogen-bond acceptors (Lipinski definition) is 2. The molecular weight excluding hydrogens is 178 g/mol. The molecule has 1 saturated carbocycles. The van der Waals surface area contributed by atoms with Gasteiger partial charge in [-0.15, -0.1) is 0 Å². The summed E-state index contributed by atoms with van der Waals surface area (Å²) >= 11 is 0. The topological polar surface area (TPSA) is 49.3 Å². The van der Waals surface area contributed by atoms with Crippen LogP contribution in [-0.4, -0.2) is 24.2 Å². The lowest BCUT2D eigenvalue weighted by atomic mass is 9.70. The predicted molar refractivity (Wildman–Crippen MR) is 56.3 cm³/mol. The summed E-state index contributed by atoms with van der Waals surface area (Å²) in [6, 6.07) is 0.527. The van der Waals surface area contributed by atoms with Crippen LogP contribution in [0.25, 0.3) is 0 Å². The molecule has 1 rings (SSSR count). The molecule has 0 aromatic heterocycles. The Morgan fingerprint density at radius 3 is 2.43 bits per heavy atom. The van der Waals surface area contributed by atoms with Crippen molar-refractivity contribution in [3.63, 3.8) is 0 Å². The van der Waals surface area contributed by atoms with Crippen LogP contribution in [0.15, 0.2) is 0 Å². The molecule has 3 nitrogen and oxygen atoms in total. The Morgan fingerprint density at radius 1 is 1.50 bits per heavy atom. The molecule has 1 fully saturated rings. The monoisotopic (exact) mass is 199 g/mol. The van der Waals surface area contributed by atoms with Crippen LogP contribution in [-0.2, 0) is 4.79 Å². The minimum atomic E-state index is -0.589. The third kappa shape index (κ3) is 2.27. The Hall–Kier alpha value is -0.570. The fourth-order valence-corrected chi connectivity index (χ4v) is 2.51. The summed E-state index contributed by atoms with van der Waals surface area (Å²) in [5.74, 6) is -0.589. The van der Waals surface area contributed by atoms with Crippen LogP contribution < -0.4 is 5.32 Å². The van der Waals surface area contributed by atoms with E-state index in [0.717, 1.165) is 38.5 Å². The van der Waals surface area contributed by atoms with Crippen molar-refractivity contribution in [1.82, 2.24) is 5.32 Å². The van der Waals surface area contributed by atoms with Gasteiger partial charge in [0.1, 0.15) is 0 Å². The molecule has 2 N–H and O–H groups in total. The van der Waals surface area contributed by atoms with E-state index in [1.807, 2.05) is 7.05 Å². The summed E-state index contributed by atoms with van der Waals surface area (Å²) < 4.78 is 0. The molecule has 0 aromatic rings. The first-order valence-electron chi connectivity index (χ1n) is 5.55. The van der Waals surface area contributed by atoms with Gasteiger partial charge in [-0.05, 0) is 39.2 Å². The second-order valence-corrected chi connectivity index (χ2v) is 4.40. The van der Waals surface area contributed by atoms with Gasteiger partial charge in [-0.3, -0.25) is 4.79 Å². The highest BCUT2D eigenvalue weighted by atomic mass is 16.4. The van der Waals surface area contributed by atoms with Crippen molar-refractivity contribution in [3.05, 3.63) is 0 Å². The maximum atomic E-state index is 11.2. The van der Waals surface area contributed by atoms with E-state index in [0.29, 0.717) is 6.04 Å². The zero-order valence-corrected chi connectivity index (χ0v) is 9.18. The van der Waals surface area contributed by atoms with Crippen molar-refractivity contribution in [3.8, 4) is 0 Å². The summed E-state index contributed by atoms with van der Waals surface area (Å²) in [7, 11) is 1.96. The molecule has 0 saturated heterocycles. The van der Waals surface area contributed by atoms with E-state index in [1.54, 1.807) is 0 Å². The number of carbonyl (C=O) groups is 1. The van der Waals surface area contributed by atoms with E-state index in [4.69, 9.17) is 0 Å². The van der Waals surface area contributed by atoms with Crippen LogP contribution in [0.5, 0.6) is 0 Å². The standard InChI is InChI=1S/C11H21NO2/c1-3-6-11(10(13)14)7-4-9(12-2)5-8-11/h9,12H,3-8H2,1-2H3,(H,13,14). The fourth-order valence-electron chi connectivity index (χ4n) is 2.51. The highest BCUT2D eigenvalue weighted by molar-refractivity contribution is 5.74. The van der Waals surface area contributed by atoms with Gasteiger partial charge < -0.3 is 10.4 Å². The first-order valence-corrected chi connectivity index (χ1v) is 5.55. The molecule has 0 aliphatic heterocycles. The van der Waals surface area contributed by atoms with Crippen molar-refractivity contribution in [2.75, 3.05) is 7.05 Å². The molecule has 82 valence electrons. The van der Waals surface area contributed by atoms with Gasteiger partial charge in [0.05, 0.1) is 5.41 Å². The number of carboxylic acid groups (broad SMARTS) is 1. The predicted octanol–water partition coefficient (Wildman–Crippen LogP) is 2.02. The van der Waals surface area contributed by atoms with E-state index >= 15 is 0 Å². The molecule has 1 aliphatic rings. The van der Waals surface area contributed by atoms with Gasteiger partial charge in [-0.1, -0.05) is 13.3 Å². The second kappa shape index (κ2) is 4.78. The van der Waals surface area contributed by atoms with Crippen molar-refractivity contribution in [1.29, 1.82) is 0 Å². The normalized spacial score (nSPS) is 32.9. The Labute approximate surface area is 85.9 Å². The minimum Gasteiger partial charge on any atom is -0.481 e. The molecule has 0 atom stereocenters. The van der Waals surface area contributed by atoms with E-state index in [9.17, 15) is 9.90 Å². The van der Waals surface area contributed by atoms with Gasteiger partial charge in [0.2, 0.25) is 0 Å². The SMILES string of the molecule is CCCC1(C(=O)O)CCC(NC)CC1. The highest BCUT2D eigenvalue weighted by Crippen LogP contribution is 2.40. The summed E-state index contributed by atoms with van der Waals surface area (Å²) in [6.45, 7) is 2.06. The molecule has 14 heavy (non-hydrogen) atoms. The third-order valence-corrected chi connectivity index (χ3v) is 3.53. The third-order valence-electron chi connectivity index (χ3n) is 3.53. The van der Waals surface area contributed by atoms with Gasteiger partial charge in [0, 0.05) is 6.04 Å². The van der Waals surface area contributed by atoms with Gasteiger partial charge in [-0.25, -0.2) is 0 Å². The second-order valence-electron chi connectivity index (χ2n) is 4.40. The van der Waals surface area contributed by atoms with Gasteiger partial charge in [0.15, 0.2) is 0 Å². The quantitative estimate of drug-likeness (QED) is 0.728. The van der Waals surface area contributed by atoms with Crippen LogP contribution >= 0.6 is 0 Å². The average Bonchev–Trinajstić information content (AvgIpc) is 2.19. The molecule has 0 amide bonds. The van der Waals surface area contributed by atoms with Crippen LogP contribution in [0.4, 0.5) is 0 Å². The molecule has 0 spiro atoms. The Balaban J connectivity index is 2.59. The van der Waals surface area contributed by atoms with Crippen LogP contribution in [0, 0.1) is 5.41 Å². The highest BCUT2D eigenvalue weighted by Gasteiger charge is 2.40. The number of nitrogens with one attached hydrogen (secondary N) is 1. The summed E-state index contributed by atoms with van der Waals surface area (Å²) in [5, 5.41) is 12.5. The van der Waals surface area contributed by atoms with E-state index < -0.39 is 11.4 Å². The van der Waals surface area contributed by atoms with Crippen LogP contribution in [0.3, 0.4) is 0 Å². The van der Waals surface area contributed by atoms with Crippen LogP contribution in [0.1, 0.15) is 45.4 Å². The molecule has 0 bridgehead atoms. The summed E-state index contributed by atoms with van der Waals surface area (Å²) in [4.78, 5) is 11.2. The first-order chi connectivity index (χ1) is 6.64.